The van der Waals surface area contributed by atoms with Crippen molar-refractivity contribution in [3.63, 3.8) is 0 Å². The summed E-state index contributed by atoms with van der Waals surface area (Å²) in [6, 6.07) is 6.30. The molecule has 1 unspecified atom stereocenters. The van der Waals surface area contributed by atoms with Gasteiger partial charge in [0.25, 0.3) is 0 Å². The molecule has 1 spiro atoms. The van der Waals surface area contributed by atoms with Crippen LogP contribution in [-0.2, 0) is 20.7 Å². The second-order valence-electron chi connectivity index (χ2n) is 8.53. The van der Waals surface area contributed by atoms with E-state index in [0.29, 0.717) is 38.8 Å². The van der Waals surface area contributed by atoms with E-state index >= 15 is 0 Å². The molecule has 1 atom stereocenters. The van der Waals surface area contributed by atoms with Gasteiger partial charge < -0.3 is 9.64 Å². The predicted molar refractivity (Wildman–Crippen MR) is 103 cm³/mol. The van der Waals surface area contributed by atoms with Crippen LogP contribution in [0.4, 0.5) is 4.39 Å². The Balaban J connectivity index is 1.25. The molecule has 0 saturated carbocycles. The number of esters is 1. The van der Waals surface area contributed by atoms with Crippen LogP contribution in [0.25, 0.3) is 0 Å². The van der Waals surface area contributed by atoms with Gasteiger partial charge in [-0.25, -0.2) is 4.39 Å². The lowest BCUT2D eigenvalue weighted by molar-refractivity contribution is -0.152. The number of carbonyl (C=O) groups excluding carboxylic acids is 2. The van der Waals surface area contributed by atoms with Gasteiger partial charge in [-0.05, 0) is 62.9 Å². The lowest BCUT2D eigenvalue weighted by Gasteiger charge is -2.36. The summed E-state index contributed by atoms with van der Waals surface area (Å²) in [4.78, 5) is 29.4. The van der Waals surface area contributed by atoms with Crippen molar-refractivity contribution >= 4 is 11.9 Å². The van der Waals surface area contributed by atoms with Gasteiger partial charge >= 0.3 is 5.97 Å². The molecule has 0 aromatic heterocycles. The molecule has 3 fully saturated rings. The van der Waals surface area contributed by atoms with E-state index in [2.05, 4.69) is 4.90 Å². The van der Waals surface area contributed by atoms with Crippen molar-refractivity contribution in [2.75, 3.05) is 32.7 Å². The van der Waals surface area contributed by atoms with Crippen LogP contribution >= 0.6 is 0 Å². The maximum atomic E-state index is 13.0. The summed E-state index contributed by atoms with van der Waals surface area (Å²) in [6.07, 6.45) is 5.70. The smallest absolute Gasteiger partial charge is 0.312 e. The highest BCUT2D eigenvalue weighted by molar-refractivity contribution is 5.81. The molecule has 0 bridgehead atoms. The Morgan fingerprint density at radius 3 is 2.46 bits per heavy atom. The van der Waals surface area contributed by atoms with E-state index in [-0.39, 0.29) is 23.8 Å². The van der Waals surface area contributed by atoms with Gasteiger partial charge in [-0.1, -0.05) is 12.1 Å². The van der Waals surface area contributed by atoms with Crippen LogP contribution < -0.4 is 0 Å². The van der Waals surface area contributed by atoms with Crippen LogP contribution in [0, 0.1) is 11.2 Å². The highest BCUT2D eigenvalue weighted by atomic mass is 19.1. The van der Waals surface area contributed by atoms with Gasteiger partial charge in [0.1, 0.15) is 11.9 Å². The highest BCUT2D eigenvalue weighted by Gasteiger charge is 2.51. The number of hydrogen-bond acceptors (Lipinski definition) is 4. The third kappa shape index (κ3) is 4.22. The summed E-state index contributed by atoms with van der Waals surface area (Å²) in [7, 11) is 0. The first-order valence-corrected chi connectivity index (χ1v) is 10.5. The van der Waals surface area contributed by atoms with Crippen LogP contribution in [-0.4, -0.2) is 60.5 Å². The van der Waals surface area contributed by atoms with Gasteiger partial charge in [0.05, 0.1) is 5.41 Å². The minimum absolute atomic E-state index is 0.00586. The van der Waals surface area contributed by atoms with Crippen molar-refractivity contribution in [3.8, 4) is 0 Å². The van der Waals surface area contributed by atoms with E-state index in [0.717, 1.165) is 31.6 Å². The molecular formula is C22H29FN2O3. The topological polar surface area (TPSA) is 49.9 Å². The molecule has 4 rings (SSSR count). The number of likely N-dealkylation sites (tertiary alicyclic amines) is 2. The van der Waals surface area contributed by atoms with Crippen molar-refractivity contribution in [1.29, 1.82) is 0 Å². The molecule has 28 heavy (non-hydrogen) atoms. The van der Waals surface area contributed by atoms with Crippen LogP contribution in [0.15, 0.2) is 24.3 Å². The van der Waals surface area contributed by atoms with Crippen molar-refractivity contribution < 1.29 is 18.7 Å². The Bertz CT molecular complexity index is 707. The van der Waals surface area contributed by atoms with Crippen LogP contribution in [0.1, 0.15) is 44.1 Å². The number of piperidine rings is 1. The maximum Gasteiger partial charge on any atom is 0.312 e. The van der Waals surface area contributed by atoms with E-state index in [1.165, 1.54) is 25.0 Å². The summed E-state index contributed by atoms with van der Waals surface area (Å²) in [5.41, 5.74) is 0.574. The Kier molecular flexibility index (Phi) is 5.67. The second-order valence-corrected chi connectivity index (χ2v) is 8.53. The summed E-state index contributed by atoms with van der Waals surface area (Å²) in [6.45, 7) is 4.31. The minimum atomic E-state index is -0.391. The number of hydrogen-bond donors (Lipinski definition) is 0. The number of aryl methyl sites for hydroxylation is 1. The van der Waals surface area contributed by atoms with Gasteiger partial charge in [-0.15, -0.1) is 0 Å². The maximum absolute atomic E-state index is 13.0. The van der Waals surface area contributed by atoms with Crippen molar-refractivity contribution in [3.05, 3.63) is 35.6 Å². The fourth-order valence-electron chi connectivity index (χ4n) is 4.85. The fourth-order valence-corrected chi connectivity index (χ4v) is 4.85. The van der Waals surface area contributed by atoms with Crippen LogP contribution in [0.5, 0.6) is 0 Å². The number of cyclic esters (lactones) is 1. The number of nitrogens with zero attached hydrogens (tertiary/aromatic N) is 2. The molecule has 152 valence electrons. The lowest BCUT2D eigenvalue weighted by Crippen LogP contribution is -2.45. The van der Waals surface area contributed by atoms with E-state index in [1.807, 2.05) is 4.90 Å². The number of ether oxygens (including phenoxy) is 1. The number of rotatable bonds is 5. The van der Waals surface area contributed by atoms with E-state index in [1.54, 1.807) is 12.1 Å². The van der Waals surface area contributed by atoms with E-state index in [9.17, 15) is 14.0 Å². The predicted octanol–water partition coefficient (Wildman–Crippen LogP) is 2.78. The minimum Gasteiger partial charge on any atom is -0.461 e. The van der Waals surface area contributed by atoms with Crippen molar-refractivity contribution in [2.45, 2.75) is 51.0 Å². The highest BCUT2D eigenvalue weighted by Crippen LogP contribution is 2.43. The molecule has 0 N–H and O–H groups in total. The van der Waals surface area contributed by atoms with E-state index < -0.39 is 5.41 Å². The SMILES string of the molecule is O=C(CCc1ccc(F)cc1)N1CCC2(CC1)CC(CN1CCCC1)OC2=O. The number of carbonyl (C=O) groups is 2. The zero-order valence-corrected chi connectivity index (χ0v) is 16.4. The van der Waals surface area contributed by atoms with Crippen LogP contribution in [0.3, 0.4) is 0 Å². The molecule has 3 heterocycles. The number of amides is 1. The molecule has 1 aromatic rings. The molecule has 5 nitrogen and oxygen atoms in total. The van der Waals surface area contributed by atoms with Crippen molar-refractivity contribution in [2.24, 2.45) is 5.41 Å². The standard InChI is InChI=1S/C22H29FN2O3/c23-18-6-3-17(4-7-18)5-8-20(26)25-13-9-22(10-14-25)15-19(28-21(22)27)16-24-11-1-2-12-24/h3-4,6-7,19H,1-2,5,8-16H2. The molecule has 0 aliphatic carbocycles. The third-order valence-electron chi connectivity index (χ3n) is 6.60. The van der Waals surface area contributed by atoms with Gasteiger partial charge in [0.15, 0.2) is 0 Å². The molecule has 1 amide bonds. The molecule has 3 aliphatic heterocycles. The lowest BCUT2D eigenvalue weighted by atomic mass is 9.76. The molecule has 3 aliphatic rings. The number of halogens is 1. The van der Waals surface area contributed by atoms with Crippen molar-refractivity contribution in [1.82, 2.24) is 9.80 Å². The van der Waals surface area contributed by atoms with Gasteiger partial charge in [-0.2, -0.15) is 0 Å². The van der Waals surface area contributed by atoms with Gasteiger partial charge in [-0.3, -0.25) is 14.5 Å². The normalized spacial score (nSPS) is 24.7. The average Bonchev–Trinajstić information content (AvgIpc) is 3.30. The van der Waals surface area contributed by atoms with Gasteiger partial charge in [0.2, 0.25) is 5.91 Å². The second kappa shape index (κ2) is 8.19. The first-order valence-electron chi connectivity index (χ1n) is 10.5. The Labute approximate surface area is 165 Å². The largest absolute Gasteiger partial charge is 0.461 e. The first kappa shape index (κ1) is 19.4. The number of benzene rings is 1. The molecule has 3 saturated heterocycles. The first-order chi connectivity index (χ1) is 13.5. The van der Waals surface area contributed by atoms with E-state index in [4.69, 9.17) is 4.74 Å². The Morgan fingerprint density at radius 2 is 1.79 bits per heavy atom. The zero-order chi connectivity index (χ0) is 19.6. The summed E-state index contributed by atoms with van der Waals surface area (Å²) in [5.74, 6) is -0.211. The Hall–Kier alpha value is -1.95. The third-order valence-corrected chi connectivity index (χ3v) is 6.60. The summed E-state index contributed by atoms with van der Waals surface area (Å²) < 4.78 is 18.7. The average molecular weight is 388 g/mol. The molecule has 1 aromatic carbocycles. The quantitative estimate of drug-likeness (QED) is 0.728. The summed E-state index contributed by atoms with van der Waals surface area (Å²) in [5, 5.41) is 0. The zero-order valence-electron chi connectivity index (χ0n) is 16.4. The molecule has 0 radical (unpaired) electrons. The fraction of sp³-hybridized carbons (Fsp3) is 0.636. The van der Waals surface area contributed by atoms with Gasteiger partial charge in [0, 0.05) is 32.5 Å². The molecular weight excluding hydrogens is 359 g/mol. The Morgan fingerprint density at radius 1 is 1.11 bits per heavy atom. The summed E-state index contributed by atoms with van der Waals surface area (Å²) >= 11 is 0. The molecule has 6 heteroatoms. The monoisotopic (exact) mass is 388 g/mol. The van der Waals surface area contributed by atoms with Crippen LogP contribution in [0.2, 0.25) is 0 Å².